The van der Waals surface area contributed by atoms with E-state index in [0.717, 1.165) is 49.9 Å². The molecule has 2 aliphatic rings. The molecule has 230 valence electrons. The van der Waals surface area contributed by atoms with Gasteiger partial charge in [0.05, 0.1) is 31.9 Å². The molecular weight excluding hydrogens is 737 g/mol. The summed E-state index contributed by atoms with van der Waals surface area (Å²) in [6.45, 7) is 0.209. The number of non-ortho nitro benzene ring substituents is 1. The van der Waals surface area contributed by atoms with E-state index >= 15 is 0 Å². The number of aromatic nitrogens is 1. The number of allylic oxidation sites excluding steroid dienone is 1. The second kappa shape index (κ2) is 12.5. The minimum Gasteiger partial charge on any atom is -0.493 e. The summed E-state index contributed by atoms with van der Waals surface area (Å²) in [5.74, 6) is 1.06. The molecule has 4 aromatic carbocycles. The van der Waals surface area contributed by atoms with E-state index in [4.69, 9.17) is 26.1 Å². The van der Waals surface area contributed by atoms with E-state index in [0.29, 0.717) is 25.9 Å². The number of benzene rings is 4. The fraction of sp³-hybridized carbons (Fsp3) is 0.143. The quantitative estimate of drug-likeness (QED) is 0.101. The third-order valence-electron chi connectivity index (χ3n) is 8.14. The highest BCUT2D eigenvalue weighted by Crippen LogP contribution is 2.41. The van der Waals surface area contributed by atoms with E-state index in [1.54, 1.807) is 19.2 Å². The molecule has 0 N–H and O–H groups in total. The van der Waals surface area contributed by atoms with Gasteiger partial charge in [-0.05, 0) is 106 Å². The van der Waals surface area contributed by atoms with Gasteiger partial charge in [-0.25, -0.2) is 4.99 Å². The molecule has 7 rings (SSSR count). The number of thiazole rings is 1. The number of ether oxygens (including phenoxy) is 2. The van der Waals surface area contributed by atoms with E-state index in [9.17, 15) is 14.9 Å². The summed E-state index contributed by atoms with van der Waals surface area (Å²) in [5.41, 5.74) is 6.92. The first kappa shape index (κ1) is 30.4. The van der Waals surface area contributed by atoms with E-state index in [-0.39, 0.29) is 23.9 Å². The number of aryl methyl sites for hydroxylation is 1. The number of nitrogens with zero attached hydrogens (tertiary/aromatic N) is 3. The molecule has 8 nitrogen and oxygen atoms in total. The summed E-state index contributed by atoms with van der Waals surface area (Å²) < 4.78 is 14.9. The van der Waals surface area contributed by atoms with Gasteiger partial charge in [0.1, 0.15) is 6.61 Å². The van der Waals surface area contributed by atoms with Gasteiger partial charge in [0.15, 0.2) is 16.3 Å². The number of nitro groups is 1. The molecule has 0 bridgehead atoms. The normalized spacial score (nSPS) is 15.5. The van der Waals surface area contributed by atoms with Crippen molar-refractivity contribution in [2.24, 2.45) is 4.99 Å². The van der Waals surface area contributed by atoms with Gasteiger partial charge in [0.25, 0.3) is 11.2 Å². The Labute approximate surface area is 286 Å². The number of nitro benzene ring substituents is 1. The van der Waals surface area contributed by atoms with Gasteiger partial charge >= 0.3 is 0 Å². The Kier molecular flexibility index (Phi) is 8.26. The molecule has 0 radical (unpaired) electrons. The minimum atomic E-state index is -0.433. The van der Waals surface area contributed by atoms with Crippen molar-refractivity contribution >= 4 is 63.0 Å². The van der Waals surface area contributed by atoms with Crippen LogP contribution in [0, 0.1) is 13.7 Å². The average molecular weight is 762 g/mol. The predicted octanol–water partition coefficient (Wildman–Crippen LogP) is 7.07. The highest BCUT2D eigenvalue weighted by molar-refractivity contribution is 14.1. The van der Waals surface area contributed by atoms with Crippen LogP contribution in [0.25, 0.3) is 11.8 Å². The van der Waals surface area contributed by atoms with Gasteiger partial charge in [0, 0.05) is 22.7 Å². The molecule has 1 aromatic heterocycles. The van der Waals surface area contributed by atoms with Gasteiger partial charge in [-0.15, -0.1) is 0 Å². The molecule has 11 heteroatoms. The van der Waals surface area contributed by atoms with Crippen LogP contribution in [0.4, 0.5) is 5.69 Å². The Morgan fingerprint density at radius 2 is 1.85 bits per heavy atom. The van der Waals surface area contributed by atoms with E-state index in [1.807, 2.05) is 53.1 Å². The summed E-state index contributed by atoms with van der Waals surface area (Å²) in [4.78, 5) is 30.4. The zero-order valence-corrected chi connectivity index (χ0v) is 28.1. The molecule has 46 heavy (non-hydrogen) atoms. The summed E-state index contributed by atoms with van der Waals surface area (Å²) in [6, 6.07) is 25.8. The number of rotatable bonds is 7. The van der Waals surface area contributed by atoms with Crippen LogP contribution in [0.2, 0.25) is 5.02 Å². The van der Waals surface area contributed by atoms with Crippen LogP contribution in [0.15, 0.2) is 100 Å². The first-order valence-electron chi connectivity index (χ1n) is 14.4. The summed E-state index contributed by atoms with van der Waals surface area (Å²) >= 11 is 9.81. The van der Waals surface area contributed by atoms with Crippen molar-refractivity contribution in [3.63, 3.8) is 0 Å². The largest absolute Gasteiger partial charge is 0.493 e. The lowest BCUT2D eigenvalue weighted by Crippen LogP contribution is -2.38. The van der Waals surface area contributed by atoms with Crippen molar-refractivity contribution < 1.29 is 14.4 Å². The zero-order valence-electron chi connectivity index (χ0n) is 24.4. The lowest BCUT2D eigenvalue weighted by atomic mass is 9.83. The molecule has 1 unspecified atom stereocenters. The van der Waals surface area contributed by atoms with E-state index in [1.165, 1.54) is 29.0 Å². The highest BCUT2D eigenvalue weighted by Gasteiger charge is 2.32. The van der Waals surface area contributed by atoms with Crippen molar-refractivity contribution in [3.8, 4) is 11.5 Å². The lowest BCUT2D eigenvalue weighted by Gasteiger charge is -2.30. The Hall–Kier alpha value is -4.26. The van der Waals surface area contributed by atoms with Crippen molar-refractivity contribution in [2.75, 3.05) is 7.11 Å². The van der Waals surface area contributed by atoms with Crippen LogP contribution in [0.3, 0.4) is 0 Å². The van der Waals surface area contributed by atoms with Crippen LogP contribution in [0.1, 0.15) is 40.3 Å². The molecule has 0 spiro atoms. The second-order valence-corrected chi connectivity index (χ2v) is 13.5. The third kappa shape index (κ3) is 5.65. The molecule has 2 heterocycles. The maximum absolute atomic E-state index is 14.2. The molecule has 1 aliphatic heterocycles. The summed E-state index contributed by atoms with van der Waals surface area (Å²) in [7, 11) is 1.57. The minimum absolute atomic E-state index is 0.0232. The first-order chi connectivity index (χ1) is 22.3. The van der Waals surface area contributed by atoms with E-state index < -0.39 is 4.92 Å². The fourth-order valence-corrected chi connectivity index (χ4v) is 7.86. The maximum atomic E-state index is 14.2. The summed E-state index contributed by atoms with van der Waals surface area (Å²) in [6.07, 6.45) is 3.56. The number of methoxy groups -OCH3 is 1. The van der Waals surface area contributed by atoms with Gasteiger partial charge < -0.3 is 9.47 Å². The lowest BCUT2D eigenvalue weighted by molar-refractivity contribution is -0.384. The van der Waals surface area contributed by atoms with Crippen molar-refractivity contribution in [3.05, 3.63) is 157 Å². The third-order valence-corrected chi connectivity index (χ3v) is 10.2. The second-order valence-electron chi connectivity index (χ2n) is 10.9. The number of hydrogen-bond donors (Lipinski definition) is 0. The zero-order chi connectivity index (χ0) is 31.9. The Morgan fingerprint density at radius 3 is 2.59 bits per heavy atom. The molecule has 1 aliphatic carbocycles. The molecule has 5 aromatic rings. The predicted molar refractivity (Wildman–Crippen MR) is 187 cm³/mol. The molecule has 0 amide bonds. The first-order valence-corrected chi connectivity index (χ1v) is 16.7. The Balaban J connectivity index is 1.28. The SMILES string of the molecule is COc1cc(/C=c2\sc3n(c2=O)C(c2ccc(Cl)cc2)C2=C(N=3)c3ccccc3CC2)cc(I)c1OCc1ccc([N+](=O)[O-])cc1. The molecule has 0 saturated carbocycles. The van der Waals surface area contributed by atoms with Gasteiger partial charge in [-0.3, -0.25) is 19.5 Å². The summed E-state index contributed by atoms with van der Waals surface area (Å²) in [5, 5.41) is 11.6. The fourth-order valence-electron chi connectivity index (χ4n) is 5.95. The van der Waals surface area contributed by atoms with Crippen LogP contribution >= 0.6 is 45.5 Å². The van der Waals surface area contributed by atoms with E-state index in [2.05, 4.69) is 40.8 Å². The smallest absolute Gasteiger partial charge is 0.271 e. The Morgan fingerprint density at radius 1 is 1.09 bits per heavy atom. The number of hydrogen-bond acceptors (Lipinski definition) is 7. The van der Waals surface area contributed by atoms with Gasteiger partial charge in [0.2, 0.25) is 0 Å². The van der Waals surface area contributed by atoms with Crippen LogP contribution in [-0.2, 0) is 13.0 Å². The number of halogens is 2. The molecule has 1 atom stereocenters. The molecular formula is C35H25ClIN3O5S. The Bertz CT molecular complexity index is 2230. The van der Waals surface area contributed by atoms with Crippen LogP contribution in [0.5, 0.6) is 11.5 Å². The topological polar surface area (TPSA) is 96.0 Å². The number of fused-ring (bicyclic) bond motifs is 3. The maximum Gasteiger partial charge on any atom is 0.271 e. The highest BCUT2D eigenvalue weighted by atomic mass is 127. The van der Waals surface area contributed by atoms with Crippen LogP contribution in [-0.4, -0.2) is 16.6 Å². The average Bonchev–Trinajstić information content (AvgIpc) is 3.37. The van der Waals surface area contributed by atoms with Gasteiger partial charge in [-0.1, -0.05) is 59.3 Å². The van der Waals surface area contributed by atoms with Crippen LogP contribution < -0.4 is 24.4 Å². The molecule has 0 fully saturated rings. The molecule has 0 saturated heterocycles. The van der Waals surface area contributed by atoms with Gasteiger partial charge in [-0.2, -0.15) is 0 Å². The monoisotopic (exact) mass is 761 g/mol. The van der Waals surface area contributed by atoms with Crippen molar-refractivity contribution in [1.82, 2.24) is 4.57 Å². The van der Waals surface area contributed by atoms with Crippen molar-refractivity contribution in [1.29, 1.82) is 0 Å². The standard InChI is InChI=1S/C35H25ClIN3O5S/c1-44-29-17-21(16-28(37)33(29)45-19-20-6-13-25(14-7-20)40(42)43)18-30-34(41)39-32(23-8-11-24(36)12-9-23)27-15-10-22-4-2-3-5-26(22)31(27)38-35(39)46-30/h2-9,11-14,16-18,32H,10,15,19H2,1H3/b30-18-. The van der Waals surface area contributed by atoms with Crippen molar-refractivity contribution in [2.45, 2.75) is 25.5 Å².